The summed E-state index contributed by atoms with van der Waals surface area (Å²) in [6, 6.07) is 6.22. The minimum atomic E-state index is -1.13. The fourth-order valence-electron chi connectivity index (χ4n) is 1.69. The van der Waals surface area contributed by atoms with Crippen molar-refractivity contribution in [3.05, 3.63) is 44.1 Å². The molecule has 1 amide bonds. The molecule has 0 aliphatic rings. The zero-order valence-electron chi connectivity index (χ0n) is 11.3. The SMILES string of the molecule is COc1ccc(NC(=O)c2cc(C)c(Br)s2)c(C(=O)O)c1. The van der Waals surface area contributed by atoms with Gasteiger partial charge in [-0.05, 0) is 52.7 Å². The van der Waals surface area contributed by atoms with Gasteiger partial charge in [-0.1, -0.05) is 0 Å². The van der Waals surface area contributed by atoms with Crippen molar-refractivity contribution in [2.24, 2.45) is 0 Å². The van der Waals surface area contributed by atoms with Crippen LogP contribution in [0, 0.1) is 6.92 Å². The second-order valence-corrected chi connectivity index (χ2v) is 6.61. The molecule has 0 bridgehead atoms. The number of carbonyl (C=O) groups is 2. The average molecular weight is 370 g/mol. The van der Waals surface area contributed by atoms with Crippen LogP contribution in [0.5, 0.6) is 5.75 Å². The van der Waals surface area contributed by atoms with Crippen LogP contribution in [0.25, 0.3) is 0 Å². The van der Waals surface area contributed by atoms with Gasteiger partial charge in [0.25, 0.3) is 5.91 Å². The molecule has 2 aromatic rings. The van der Waals surface area contributed by atoms with Crippen molar-refractivity contribution in [1.29, 1.82) is 0 Å². The van der Waals surface area contributed by atoms with Gasteiger partial charge in [0.15, 0.2) is 0 Å². The van der Waals surface area contributed by atoms with Crippen LogP contribution in [0.15, 0.2) is 28.1 Å². The second-order valence-electron chi connectivity index (χ2n) is 4.24. The highest BCUT2D eigenvalue weighted by atomic mass is 79.9. The maximum Gasteiger partial charge on any atom is 0.337 e. The van der Waals surface area contributed by atoms with E-state index in [4.69, 9.17) is 4.74 Å². The van der Waals surface area contributed by atoms with Crippen LogP contribution < -0.4 is 10.1 Å². The maximum atomic E-state index is 12.2. The third-order valence-electron chi connectivity index (χ3n) is 2.79. The van der Waals surface area contributed by atoms with Gasteiger partial charge in [-0.25, -0.2) is 4.79 Å². The zero-order chi connectivity index (χ0) is 15.6. The predicted molar refractivity (Wildman–Crippen MR) is 84.7 cm³/mol. The van der Waals surface area contributed by atoms with Gasteiger partial charge in [-0.15, -0.1) is 11.3 Å². The van der Waals surface area contributed by atoms with Crippen LogP contribution in [0.4, 0.5) is 5.69 Å². The van der Waals surface area contributed by atoms with E-state index in [2.05, 4.69) is 21.2 Å². The lowest BCUT2D eigenvalue weighted by Gasteiger charge is -2.09. The topological polar surface area (TPSA) is 75.6 Å². The van der Waals surface area contributed by atoms with Gasteiger partial charge in [-0.2, -0.15) is 0 Å². The van der Waals surface area contributed by atoms with E-state index in [0.717, 1.165) is 9.35 Å². The largest absolute Gasteiger partial charge is 0.497 e. The number of amides is 1. The highest BCUT2D eigenvalue weighted by Gasteiger charge is 2.16. The molecule has 110 valence electrons. The van der Waals surface area contributed by atoms with Crippen LogP contribution in [0.3, 0.4) is 0 Å². The summed E-state index contributed by atoms with van der Waals surface area (Å²) in [7, 11) is 1.45. The highest BCUT2D eigenvalue weighted by molar-refractivity contribution is 9.11. The average Bonchev–Trinajstić information content (AvgIpc) is 2.79. The van der Waals surface area contributed by atoms with E-state index in [1.807, 2.05) is 6.92 Å². The monoisotopic (exact) mass is 369 g/mol. The number of aryl methyl sites for hydroxylation is 1. The van der Waals surface area contributed by atoms with Gasteiger partial charge in [0.05, 0.1) is 27.0 Å². The number of thiophene rings is 1. The van der Waals surface area contributed by atoms with Gasteiger partial charge in [-0.3, -0.25) is 4.79 Å². The van der Waals surface area contributed by atoms with Crippen LogP contribution in [0.2, 0.25) is 0 Å². The second kappa shape index (κ2) is 6.28. The molecule has 1 aromatic heterocycles. The van der Waals surface area contributed by atoms with Crippen LogP contribution >= 0.6 is 27.3 Å². The molecule has 0 saturated carbocycles. The number of anilines is 1. The van der Waals surface area contributed by atoms with Crippen LogP contribution in [-0.4, -0.2) is 24.1 Å². The molecule has 0 radical (unpaired) electrons. The molecular weight excluding hydrogens is 358 g/mol. The van der Waals surface area contributed by atoms with Crippen molar-refractivity contribution in [2.75, 3.05) is 12.4 Å². The summed E-state index contributed by atoms with van der Waals surface area (Å²) in [5.41, 5.74) is 1.17. The smallest absolute Gasteiger partial charge is 0.337 e. The number of rotatable bonds is 4. The van der Waals surface area contributed by atoms with E-state index < -0.39 is 5.97 Å². The molecule has 1 heterocycles. The Labute approximate surface area is 133 Å². The summed E-state index contributed by atoms with van der Waals surface area (Å²) >= 11 is 4.65. The van der Waals surface area contributed by atoms with E-state index in [9.17, 15) is 14.7 Å². The molecule has 5 nitrogen and oxygen atoms in total. The van der Waals surface area contributed by atoms with E-state index in [1.54, 1.807) is 12.1 Å². The molecule has 0 fully saturated rings. The number of benzene rings is 1. The Morgan fingerprint density at radius 1 is 1.33 bits per heavy atom. The standard InChI is InChI=1S/C14H12BrNO4S/c1-7-5-11(21-12(7)15)13(17)16-10-4-3-8(20-2)6-9(10)14(18)19/h3-6H,1-2H3,(H,16,17)(H,18,19). The normalized spacial score (nSPS) is 10.2. The Kier molecular flexibility index (Phi) is 4.64. The number of halogens is 1. The number of methoxy groups -OCH3 is 1. The zero-order valence-corrected chi connectivity index (χ0v) is 13.7. The molecule has 0 aliphatic carbocycles. The Balaban J connectivity index is 2.30. The summed E-state index contributed by atoms with van der Waals surface area (Å²) < 4.78 is 5.86. The predicted octanol–water partition coefficient (Wildman–Crippen LogP) is 3.78. The number of hydrogen-bond donors (Lipinski definition) is 2. The summed E-state index contributed by atoms with van der Waals surface area (Å²) in [4.78, 5) is 23.9. The van der Waals surface area contributed by atoms with Crippen LogP contribution in [0.1, 0.15) is 25.6 Å². The molecule has 0 saturated heterocycles. The molecule has 7 heteroatoms. The first-order valence-electron chi connectivity index (χ1n) is 5.91. The Morgan fingerprint density at radius 2 is 2.05 bits per heavy atom. The molecule has 0 spiro atoms. The molecule has 21 heavy (non-hydrogen) atoms. The van der Waals surface area contributed by atoms with Gasteiger partial charge >= 0.3 is 5.97 Å². The first-order chi connectivity index (χ1) is 9.92. The van der Waals surface area contributed by atoms with Crippen molar-refractivity contribution in [1.82, 2.24) is 0 Å². The summed E-state index contributed by atoms with van der Waals surface area (Å²) in [5.74, 6) is -1.06. The Bertz CT molecular complexity index is 691. The molecule has 2 rings (SSSR count). The van der Waals surface area contributed by atoms with Crippen molar-refractivity contribution in [2.45, 2.75) is 6.92 Å². The summed E-state index contributed by atoms with van der Waals surface area (Å²) in [6.45, 7) is 1.88. The van der Waals surface area contributed by atoms with E-state index in [-0.39, 0.29) is 17.2 Å². The van der Waals surface area contributed by atoms with Gasteiger partial charge < -0.3 is 15.2 Å². The number of carbonyl (C=O) groups excluding carboxylic acids is 1. The molecule has 2 N–H and O–H groups in total. The summed E-state index contributed by atoms with van der Waals surface area (Å²) in [6.07, 6.45) is 0. The molecule has 0 unspecified atom stereocenters. The fourth-order valence-corrected chi connectivity index (χ4v) is 3.12. The lowest BCUT2D eigenvalue weighted by molar-refractivity contribution is 0.0697. The molecular formula is C14H12BrNO4S. The van der Waals surface area contributed by atoms with E-state index >= 15 is 0 Å². The number of carboxylic acids is 1. The minimum absolute atomic E-state index is 0.0185. The van der Waals surface area contributed by atoms with E-state index in [1.165, 1.54) is 30.6 Å². The minimum Gasteiger partial charge on any atom is -0.497 e. The first kappa shape index (κ1) is 15.5. The Morgan fingerprint density at radius 3 is 2.57 bits per heavy atom. The first-order valence-corrected chi connectivity index (χ1v) is 7.52. The number of hydrogen-bond acceptors (Lipinski definition) is 4. The van der Waals surface area contributed by atoms with Gasteiger partial charge in [0, 0.05) is 0 Å². The van der Waals surface area contributed by atoms with Crippen molar-refractivity contribution < 1.29 is 19.4 Å². The van der Waals surface area contributed by atoms with Gasteiger partial charge in [0.2, 0.25) is 0 Å². The van der Waals surface area contributed by atoms with Crippen molar-refractivity contribution in [3.8, 4) is 5.75 Å². The van der Waals surface area contributed by atoms with E-state index in [0.29, 0.717) is 10.6 Å². The summed E-state index contributed by atoms with van der Waals surface area (Å²) in [5, 5.41) is 11.8. The molecule has 0 aliphatic heterocycles. The van der Waals surface area contributed by atoms with Crippen molar-refractivity contribution >= 4 is 44.8 Å². The third-order valence-corrected chi connectivity index (χ3v) is 4.92. The maximum absolute atomic E-state index is 12.2. The number of aromatic carboxylic acids is 1. The van der Waals surface area contributed by atoms with Gasteiger partial charge in [0.1, 0.15) is 5.75 Å². The Hall–Kier alpha value is -1.86. The lowest BCUT2D eigenvalue weighted by Crippen LogP contribution is -2.13. The fraction of sp³-hybridized carbons (Fsp3) is 0.143. The van der Waals surface area contributed by atoms with Crippen molar-refractivity contribution in [3.63, 3.8) is 0 Å². The number of carboxylic acid groups (broad SMARTS) is 1. The lowest BCUT2D eigenvalue weighted by atomic mass is 10.1. The third kappa shape index (κ3) is 3.43. The van der Waals surface area contributed by atoms with Crippen LogP contribution in [-0.2, 0) is 0 Å². The molecule has 1 aromatic carbocycles. The highest BCUT2D eigenvalue weighted by Crippen LogP contribution is 2.29. The quantitative estimate of drug-likeness (QED) is 0.859. The number of nitrogens with one attached hydrogen (secondary N) is 1. The number of ether oxygens (including phenoxy) is 1. The molecule has 0 atom stereocenters.